The van der Waals surface area contributed by atoms with Gasteiger partial charge in [-0.2, -0.15) is 0 Å². The van der Waals surface area contributed by atoms with E-state index in [9.17, 15) is 9.59 Å². The number of rotatable bonds is 7. The van der Waals surface area contributed by atoms with Crippen LogP contribution in [-0.4, -0.2) is 47.8 Å². The molecule has 3 aromatic rings. The van der Waals surface area contributed by atoms with Gasteiger partial charge >= 0.3 is 0 Å². The summed E-state index contributed by atoms with van der Waals surface area (Å²) in [5.41, 5.74) is 6.50. The van der Waals surface area contributed by atoms with Crippen LogP contribution in [0.4, 0.5) is 11.4 Å². The zero-order chi connectivity index (χ0) is 27.5. The summed E-state index contributed by atoms with van der Waals surface area (Å²) in [6, 6.07) is 24.3. The van der Waals surface area contributed by atoms with Crippen LogP contribution in [0.3, 0.4) is 0 Å². The van der Waals surface area contributed by atoms with Gasteiger partial charge in [-0.3, -0.25) is 14.5 Å². The summed E-state index contributed by atoms with van der Waals surface area (Å²) < 4.78 is 0. The summed E-state index contributed by atoms with van der Waals surface area (Å²) in [7, 11) is 1.91. The molecule has 3 aliphatic rings. The first-order valence-corrected chi connectivity index (χ1v) is 14.7. The zero-order valence-corrected chi connectivity index (χ0v) is 23.3. The van der Waals surface area contributed by atoms with Gasteiger partial charge in [-0.05, 0) is 80.2 Å². The van der Waals surface area contributed by atoms with Crippen LogP contribution in [0.1, 0.15) is 72.0 Å². The third kappa shape index (κ3) is 5.54. The second-order valence-corrected chi connectivity index (χ2v) is 11.3. The molecule has 0 bridgehead atoms. The van der Waals surface area contributed by atoms with Crippen LogP contribution in [0.25, 0.3) is 11.3 Å². The van der Waals surface area contributed by atoms with E-state index in [4.69, 9.17) is 0 Å². The molecule has 2 aliphatic heterocycles. The molecule has 0 radical (unpaired) electrons. The average molecular weight is 535 g/mol. The first-order valence-electron chi connectivity index (χ1n) is 14.7. The molecule has 2 heterocycles. The minimum Gasteiger partial charge on any atom is -0.354 e. The van der Waals surface area contributed by atoms with Crippen molar-refractivity contribution in [1.82, 2.24) is 9.80 Å². The molecule has 2 fully saturated rings. The van der Waals surface area contributed by atoms with E-state index < -0.39 is 0 Å². The molecule has 40 heavy (non-hydrogen) atoms. The standard InChI is InChI=1S/C34H38N4O2/c1-37(28-12-6-3-7-13-28)34(40)26-16-19-30-29(22-26)31(33(39)36-30)32(25-10-4-2-5-11-25)35-27-17-14-24(15-18-27)23-38-20-8-9-21-38/h2,4-5,10-11,14-19,22,28,35H,3,6-9,12-13,20-21,23H2,1H3,(H,36,39)/b32-31-. The number of carbonyl (C=O) groups excluding carboxylic acids is 2. The van der Waals surface area contributed by atoms with Gasteiger partial charge in [-0.1, -0.05) is 61.7 Å². The van der Waals surface area contributed by atoms with Crippen molar-refractivity contribution in [2.24, 2.45) is 0 Å². The maximum absolute atomic E-state index is 13.5. The van der Waals surface area contributed by atoms with Crippen molar-refractivity contribution < 1.29 is 9.59 Å². The fourth-order valence-electron chi connectivity index (χ4n) is 6.31. The smallest absolute Gasteiger partial charge is 0.258 e. The third-order valence-electron chi connectivity index (χ3n) is 8.59. The molecule has 6 rings (SSSR count). The van der Waals surface area contributed by atoms with E-state index in [0.717, 1.165) is 47.6 Å². The van der Waals surface area contributed by atoms with Gasteiger partial charge < -0.3 is 15.5 Å². The molecule has 0 aromatic heterocycles. The van der Waals surface area contributed by atoms with Crippen LogP contribution < -0.4 is 10.6 Å². The Bertz CT molecular complexity index is 1400. The fourth-order valence-corrected chi connectivity index (χ4v) is 6.31. The molecule has 0 atom stereocenters. The number of benzene rings is 3. The highest BCUT2D eigenvalue weighted by Crippen LogP contribution is 2.38. The summed E-state index contributed by atoms with van der Waals surface area (Å²) in [6.45, 7) is 3.30. The molecule has 6 heteroatoms. The highest BCUT2D eigenvalue weighted by atomic mass is 16.2. The van der Waals surface area contributed by atoms with Crippen molar-refractivity contribution in [3.05, 3.63) is 95.1 Å². The van der Waals surface area contributed by atoms with Gasteiger partial charge in [0.1, 0.15) is 0 Å². The molecule has 0 unspecified atom stereocenters. The van der Waals surface area contributed by atoms with Crippen LogP contribution in [-0.2, 0) is 11.3 Å². The van der Waals surface area contributed by atoms with Crippen molar-refractivity contribution in [1.29, 1.82) is 0 Å². The molecular formula is C34H38N4O2. The lowest BCUT2D eigenvalue weighted by atomic mass is 9.93. The Kier molecular flexibility index (Phi) is 7.69. The van der Waals surface area contributed by atoms with E-state index in [-0.39, 0.29) is 17.9 Å². The number of hydrogen-bond acceptors (Lipinski definition) is 4. The predicted molar refractivity (Wildman–Crippen MR) is 162 cm³/mol. The van der Waals surface area contributed by atoms with Gasteiger partial charge in [0, 0.05) is 42.1 Å². The molecule has 206 valence electrons. The van der Waals surface area contributed by atoms with Crippen molar-refractivity contribution in [3.63, 3.8) is 0 Å². The number of nitrogens with zero attached hydrogens (tertiary/aromatic N) is 2. The maximum Gasteiger partial charge on any atom is 0.258 e. The molecule has 2 amide bonds. The molecule has 1 aliphatic carbocycles. The van der Waals surface area contributed by atoms with Crippen LogP contribution in [0.2, 0.25) is 0 Å². The van der Waals surface area contributed by atoms with E-state index >= 15 is 0 Å². The summed E-state index contributed by atoms with van der Waals surface area (Å²) >= 11 is 0. The van der Waals surface area contributed by atoms with Crippen LogP contribution in [0.5, 0.6) is 0 Å². The SMILES string of the molecule is CN(C(=O)c1ccc2c(c1)/C(=C(/Nc1ccc(CN3CCCC3)cc1)c1ccccc1)C(=O)N2)C1CCCCC1. The highest BCUT2D eigenvalue weighted by molar-refractivity contribution is 6.37. The van der Waals surface area contributed by atoms with E-state index in [2.05, 4.69) is 39.8 Å². The van der Waals surface area contributed by atoms with E-state index in [1.807, 2.05) is 60.5 Å². The van der Waals surface area contributed by atoms with Gasteiger partial charge in [-0.25, -0.2) is 0 Å². The lowest BCUT2D eigenvalue weighted by Gasteiger charge is -2.31. The molecular weight excluding hydrogens is 496 g/mol. The zero-order valence-electron chi connectivity index (χ0n) is 23.3. The fraction of sp³-hybridized carbons (Fsp3) is 0.353. The van der Waals surface area contributed by atoms with Crippen LogP contribution in [0.15, 0.2) is 72.8 Å². The van der Waals surface area contributed by atoms with Crippen molar-refractivity contribution in [2.45, 2.75) is 57.5 Å². The summed E-state index contributed by atoms with van der Waals surface area (Å²) in [5, 5.41) is 6.59. The van der Waals surface area contributed by atoms with Gasteiger partial charge in [0.15, 0.2) is 0 Å². The van der Waals surface area contributed by atoms with Crippen molar-refractivity contribution in [2.75, 3.05) is 30.8 Å². The first kappa shape index (κ1) is 26.3. The second kappa shape index (κ2) is 11.7. The van der Waals surface area contributed by atoms with E-state index in [1.54, 1.807) is 0 Å². The number of fused-ring (bicyclic) bond motifs is 1. The highest BCUT2D eigenvalue weighted by Gasteiger charge is 2.31. The first-order chi connectivity index (χ1) is 19.6. The summed E-state index contributed by atoms with van der Waals surface area (Å²) in [6.07, 6.45) is 8.25. The minimum atomic E-state index is -0.169. The maximum atomic E-state index is 13.5. The normalized spacial score (nSPS) is 18.8. The molecule has 3 aromatic carbocycles. The van der Waals surface area contributed by atoms with Gasteiger partial charge in [0.05, 0.1) is 11.3 Å². The number of anilines is 2. The minimum absolute atomic E-state index is 0.0104. The molecule has 6 nitrogen and oxygen atoms in total. The Morgan fingerprint density at radius 3 is 2.35 bits per heavy atom. The number of likely N-dealkylation sites (tertiary alicyclic amines) is 1. The molecule has 1 saturated heterocycles. The van der Waals surface area contributed by atoms with Gasteiger partial charge in [0.2, 0.25) is 0 Å². The number of nitrogens with one attached hydrogen (secondary N) is 2. The Morgan fingerprint density at radius 1 is 0.900 bits per heavy atom. The van der Waals surface area contributed by atoms with Crippen LogP contribution >= 0.6 is 0 Å². The second-order valence-electron chi connectivity index (χ2n) is 11.3. The van der Waals surface area contributed by atoms with Crippen LogP contribution in [0, 0.1) is 0 Å². The number of amides is 2. The third-order valence-corrected chi connectivity index (χ3v) is 8.59. The molecule has 0 spiro atoms. The predicted octanol–water partition coefficient (Wildman–Crippen LogP) is 6.62. The Morgan fingerprint density at radius 2 is 1.62 bits per heavy atom. The summed E-state index contributed by atoms with van der Waals surface area (Å²) in [5.74, 6) is -0.159. The lowest BCUT2D eigenvalue weighted by Crippen LogP contribution is -2.38. The topological polar surface area (TPSA) is 64.7 Å². The Balaban J connectivity index is 1.33. The number of hydrogen-bond donors (Lipinski definition) is 2. The van der Waals surface area contributed by atoms with E-state index in [1.165, 1.54) is 50.8 Å². The average Bonchev–Trinajstić information content (AvgIpc) is 3.63. The summed E-state index contributed by atoms with van der Waals surface area (Å²) in [4.78, 5) is 31.3. The molecule has 1 saturated carbocycles. The monoisotopic (exact) mass is 534 g/mol. The van der Waals surface area contributed by atoms with Crippen molar-refractivity contribution >= 4 is 34.5 Å². The van der Waals surface area contributed by atoms with Gasteiger partial charge in [-0.15, -0.1) is 0 Å². The van der Waals surface area contributed by atoms with Crippen molar-refractivity contribution in [3.8, 4) is 0 Å². The lowest BCUT2D eigenvalue weighted by molar-refractivity contribution is -0.110. The largest absolute Gasteiger partial charge is 0.354 e. The molecule has 2 N–H and O–H groups in total. The van der Waals surface area contributed by atoms with Gasteiger partial charge in [0.25, 0.3) is 11.8 Å². The number of carbonyl (C=O) groups is 2. The Labute approximate surface area is 237 Å². The Hall–Kier alpha value is -3.90. The quantitative estimate of drug-likeness (QED) is 0.335. The van der Waals surface area contributed by atoms with E-state index in [0.29, 0.717) is 11.1 Å².